The van der Waals surface area contributed by atoms with Crippen molar-refractivity contribution in [2.75, 3.05) is 29.9 Å². The van der Waals surface area contributed by atoms with Crippen LogP contribution in [-0.2, 0) is 14.3 Å². The Hall–Kier alpha value is -2.78. The minimum Gasteiger partial charge on any atom is -0.447 e. The van der Waals surface area contributed by atoms with Crippen molar-refractivity contribution >= 4 is 29.3 Å². The van der Waals surface area contributed by atoms with Crippen LogP contribution in [0.15, 0.2) is 24.3 Å². The van der Waals surface area contributed by atoms with E-state index in [4.69, 9.17) is 4.74 Å². The zero-order valence-electron chi connectivity index (χ0n) is 13.6. The summed E-state index contributed by atoms with van der Waals surface area (Å²) in [4.78, 5) is 37.2. The molecule has 10 heteroatoms. The molecule has 26 heavy (non-hydrogen) atoms. The number of cyclic esters (lactones) is 1. The third-order valence-corrected chi connectivity index (χ3v) is 4.27. The molecule has 0 saturated carbocycles. The van der Waals surface area contributed by atoms with Crippen LogP contribution in [-0.4, -0.2) is 54.7 Å². The van der Waals surface area contributed by atoms with Gasteiger partial charge in [-0.15, -0.1) is 0 Å². The Morgan fingerprint density at radius 1 is 1.15 bits per heavy atom. The number of carbonyl (C=O) groups is 3. The van der Waals surface area contributed by atoms with Crippen LogP contribution in [0, 0.1) is 0 Å². The Morgan fingerprint density at radius 3 is 2.42 bits per heavy atom. The van der Waals surface area contributed by atoms with Crippen LogP contribution in [0.4, 0.5) is 29.3 Å². The summed E-state index contributed by atoms with van der Waals surface area (Å²) >= 11 is 0. The molecule has 2 aliphatic heterocycles. The van der Waals surface area contributed by atoms with E-state index < -0.39 is 30.1 Å². The number of benzene rings is 1. The fraction of sp³-hybridized carbons (Fsp3) is 0.438. The Kier molecular flexibility index (Phi) is 4.75. The first-order valence-electron chi connectivity index (χ1n) is 8.00. The fourth-order valence-electron chi connectivity index (χ4n) is 3.02. The highest BCUT2D eigenvalue weighted by Gasteiger charge is 2.47. The van der Waals surface area contributed by atoms with Crippen LogP contribution < -0.4 is 10.2 Å². The predicted octanol–water partition coefficient (Wildman–Crippen LogP) is 2.13. The van der Waals surface area contributed by atoms with Gasteiger partial charge >= 0.3 is 18.2 Å². The topological polar surface area (TPSA) is 79.0 Å². The number of nitrogens with one attached hydrogen (secondary N) is 1. The summed E-state index contributed by atoms with van der Waals surface area (Å²) in [6, 6.07) is 5.09. The maximum Gasteiger partial charge on any atom is 0.471 e. The van der Waals surface area contributed by atoms with Crippen LogP contribution in [0.2, 0.25) is 0 Å². The number of hydrogen-bond acceptors (Lipinski definition) is 4. The van der Waals surface area contributed by atoms with E-state index in [9.17, 15) is 27.6 Å². The number of anilines is 2. The van der Waals surface area contributed by atoms with E-state index in [1.54, 1.807) is 12.1 Å². The second-order valence-electron chi connectivity index (χ2n) is 5.96. The minimum atomic E-state index is -5.01. The van der Waals surface area contributed by atoms with Gasteiger partial charge in [-0.1, -0.05) is 0 Å². The molecule has 3 amide bonds. The molecule has 0 aliphatic carbocycles. The van der Waals surface area contributed by atoms with Gasteiger partial charge in [0.2, 0.25) is 5.91 Å². The molecule has 1 unspecified atom stereocenters. The first kappa shape index (κ1) is 18.0. The van der Waals surface area contributed by atoms with E-state index in [1.807, 2.05) is 0 Å². The monoisotopic (exact) mass is 371 g/mol. The molecule has 1 aromatic rings. The van der Waals surface area contributed by atoms with Gasteiger partial charge in [0.25, 0.3) is 0 Å². The number of carbonyl (C=O) groups excluding carboxylic acids is 3. The van der Waals surface area contributed by atoms with Gasteiger partial charge in [-0.2, -0.15) is 13.2 Å². The van der Waals surface area contributed by atoms with E-state index >= 15 is 0 Å². The molecule has 3 rings (SSSR count). The lowest BCUT2D eigenvalue weighted by Gasteiger charge is -2.24. The molecule has 7 nitrogen and oxygen atoms in total. The molecule has 1 atom stereocenters. The van der Waals surface area contributed by atoms with Gasteiger partial charge in [0.05, 0.1) is 6.54 Å². The molecule has 2 heterocycles. The summed E-state index contributed by atoms with van der Waals surface area (Å²) in [7, 11) is 0. The summed E-state index contributed by atoms with van der Waals surface area (Å²) in [6.07, 6.45) is -4.97. The normalized spacial score (nSPS) is 20.3. The third-order valence-electron chi connectivity index (χ3n) is 4.27. The quantitative estimate of drug-likeness (QED) is 0.883. The van der Waals surface area contributed by atoms with Crippen LogP contribution >= 0.6 is 0 Å². The molecule has 1 aromatic carbocycles. The van der Waals surface area contributed by atoms with Crippen molar-refractivity contribution in [3.63, 3.8) is 0 Å². The van der Waals surface area contributed by atoms with E-state index in [-0.39, 0.29) is 13.0 Å². The summed E-state index contributed by atoms with van der Waals surface area (Å²) in [5.41, 5.74) is 0.942. The molecule has 2 aliphatic rings. The Morgan fingerprint density at radius 2 is 1.85 bits per heavy atom. The van der Waals surface area contributed by atoms with E-state index in [0.29, 0.717) is 35.8 Å². The Bertz CT molecular complexity index is 720. The van der Waals surface area contributed by atoms with E-state index in [2.05, 4.69) is 5.32 Å². The first-order valence-corrected chi connectivity index (χ1v) is 8.00. The molecule has 2 saturated heterocycles. The van der Waals surface area contributed by atoms with Gasteiger partial charge in [0.15, 0.2) is 0 Å². The van der Waals surface area contributed by atoms with E-state index in [0.717, 1.165) is 0 Å². The number of hydrogen-bond donors (Lipinski definition) is 1. The average Bonchev–Trinajstić information content (AvgIpc) is 3.23. The number of rotatable bonds is 3. The number of nitrogens with zero attached hydrogens (tertiary/aromatic N) is 2. The lowest BCUT2D eigenvalue weighted by atomic mass is 10.2. The Labute approximate surface area is 146 Å². The fourth-order valence-corrected chi connectivity index (χ4v) is 3.02. The summed E-state index contributed by atoms with van der Waals surface area (Å²) < 4.78 is 42.7. The van der Waals surface area contributed by atoms with Gasteiger partial charge in [-0.25, -0.2) is 4.79 Å². The van der Waals surface area contributed by atoms with Crippen molar-refractivity contribution in [3.8, 4) is 0 Å². The summed E-state index contributed by atoms with van der Waals surface area (Å²) in [6.45, 7) is 0.607. The first-order chi connectivity index (χ1) is 12.3. The average molecular weight is 371 g/mol. The minimum absolute atomic E-state index is 0.105. The molecular weight excluding hydrogens is 355 g/mol. The van der Waals surface area contributed by atoms with Gasteiger partial charge in [0.1, 0.15) is 12.6 Å². The number of halogens is 3. The highest BCUT2D eigenvalue weighted by atomic mass is 19.4. The maximum absolute atomic E-state index is 12.6. The third kappa shape index (κ3) is 3.58. The highest BCUT2D eigenvalue weighted by molar-refractivity contribution is 5.98. The highest BCUT2D eigenvalue weighted by Crippen LogP contribution is 2.27. The molecule has 0 spiro atoms. The van der Waals surface area contributed by atoms with E-state index in [1.165, 1.54) is 17.0 Å². The summed E-state index contributed by atoms with van der Waals surface area (Å²) in [5, 5.41) is 2.51. The molecule has 0 aromatic heterocycles. The molecule has 0 bridgehead atoms. The van der Waals surface area contributed by atoms with Crippen LogP contribution in [0.5, 0.6) is 0 Å². The van der Waals surface area contributed by atoms with Crippen LogP contribution in [0.3, 0.4) is 0 Å². The lowest BCUT2D eigenvalue weighted by Crippen LogP contribution is -2.48. The van der Waals surface area contributed by atoms with Gasteiger partial charge in [-0.3, -0.25) is 14.5 Å². The SMILES string of the molecule is O=C(Nc1ccc(N2CCOC2=O)cc1)C1CCCN1C(=O)C(F)(F)F. The molecule has 0 radical (unpaired) electrons. The Balaban J connectivity index is 1.66. The summed E-state index contributed by atoms with van der Waals surface area (Å²) in [5.74, 6) is -2.67. The van der Waals surface area contributed by atoms with Crippen LogP contribution in [0.25, 0.3) is 0 Å². The molecule has 140 valence electrons. The van der Waals surface area contributed by atoms with Crippen molar-refractivity contribution in [2.45, 2.75) is 25.1 Å². The van der Waals surface area contributed by atoms with Crippen molar-refractivity contribution in [1.82, 2.24) is 4.90 Å². The number of ether oxygens (including phenoxy) is 1. The molecule has 2 fully saturated rings. The largest absolute Gasteiger partial charge is 0.471 e. The van der Waals surface area contributed by atoms with Crippen LogP contribution in [0.1, 0.15) is 12.8 Å². The number of amides is 3. The lowest BCUT2D eigenvalue weighted by molar-refractivity contribution is -0.186. The second-order valence-corrected chi connectivity index (χ2v) is 5.96. The van der Waals surface area contributed by atoms with Crippen molar-refractivity contribution in [2.24, 2.45) is 0 Å². The van der Waals surface area contributed by atoms with Gasteiger partial charge < -0.3 is 15.0 Å². The van der Waals surface area contributed by atoms with Gasteiger partial charge in [0, 0.05) is 17.9 Å². The van der Waals surface area contributed by atoms with Gasteiger partial charge in [-0.05, 0) is 37.1 Å². The van der Waals surface area contributed by atoms with Crippen molar-refractivity contribution in [3.05, 3.63) is 24.3 Å². The smallest absolute Gasteiger partial charge is 0.447 e. The number of likely N-dealkylation sites (tertiary alicyclic amines) is 1. The number of alkyl halides is 3. The standard InChI is InChI=1S/C16H16F3N3O4/c17-16(18,19)14(24)22-7-1-2-12(22)13(23)20-10-3-5-11(6-4-10)21-8-9-26-15(21)25/h3-6,12H,1-2,7-9H2,(H,20,23). The zero-order valence-corrected chi connectivity index (χ0v) is 13.6. The second kappa shape index (κ2) is 6.85. The van der Waals surface area contributed by atoms with Crippen molar-refractivity contribution in [1.29, 1.82) is 0 Å². The molecule has 1 N–H and O–H groups in total. The molecular formula is C16H16F3N3O4. The van der Waals surface area contributed by atoms with Crippen molar-refractivity contribution < 1.29 is 32.3 Å². The predicted molar refractivity (Wildman–Crippen MR) is 84.6 cm³/mol. The maximum atomic E-state index is 12.6. The zero-order chi connectivity index (χ0) is 18.9.